The predicted molar refractivity (Wildman–Crippen MR) is 38.8 cm³/mol. The molecule has 1 nitrogen and oxygen atoms in total. The molecule has 0 radical (unpaired) electrons. The van der Waals surface area contributed by atoms with Gasteiger partial charge in [-0.15, -0.1) is 0 Å². The van der Waals surface area contributed by atoms with Crippen LogP contribution in [0.5, 0.6) is 0 Å². The van der Waals surface area contributed by atoms with Gasteiger partial charge in [-0.2, -0.15) is 0 Å². The molecule has 1 aliphatic rings. The van der Waals surface area contributed by atoms with Gasteiger partial charge < -0.3 is 4.74 Å². The highest BCUT2D eigenvalue weighted by molar-refractivity contribution is 4.86. The molecular formula is C8H14F2O. The van der Waals surface area contributed by atoms with E-state index in [9.17, 15) is 8.78 Å². The molecule has 0 unspecified atom stereocenters. The molecule has 0 atom stereocenters. The molecule has 11 heavy (non-hydrogen) atoms. The van der Waals surface area contributed by atoms with Crippen LogP contribution in [0.3, 0.4) is 0 Å². The fourth-order valence-electron chi connectivity index (χ4n) is 1.05. The summed E-state index contributed by atoms with van der Waals surface area (Å²) in [5, 5.41) is 0. The number of halogens is 2. The van der Waals surface area contributed by atoms with Crippen LogP contribution < -0.4 is 0 Å². The van der Waals surface area contributed by atoms with Gasteiger partial charge in [-0.05, 0) is 5.92 Å². The minimum atomic E-state index is -2.44. The third kappa shape index (κ3) is 2.73. The third-order valence-corrected chi connectivity index (χ3v) is 1.72. The van der Waals surface area contributed by atoms with Gasteiger partial charge in [0, 0.05) is 19.4 Å². The van der Waals surface area contributed by atoms with Crippen LogP contribution in [0.2, 0.25) is 0 Å². The molecule has 1 aliphatic carbocycles. The van der Waals surface area contributed by atoms with E-state index >= 15 is 0 Å². The van der Waals surface area contributed by atoms with E-state index in [4.69, 9.17) is 4.74 Å². The van der Waals surface area contributed by atoms with Crippen molar-refractivity contribution in [3.63, 3.8) is 0 Å². The van der Waals surface area contributed by atoms with Crippen LogP contribution in [0.25, 0.3) is 0 Å². The fourth-order valence-corrected chi connectivity index (χ4v) is 1.05. The Kier molecular flexibility index (Phi) is 2.47. The lowest BCUT2D eigenvalue weighted by Crippen LogP contribution is -2.41. The summed E-state index contributed by atoms with van der Waals surface area (Å²) >= 11 is 0. The summed E-state index contributed by atoms with van der Waals surface area (Å²) in [6.07, 6.45) is -0.355. The van der Waals surface area contributed by atoms with Gasteiger partial charge in [0.1, 0.15) is 0 Å². The van der Waals surface area contributed by atoms with E-state index in [1.165, 1.54) is 0 Å². The van der Waals surface area contributed by atoms with Gasteiger partial charge in [0.15, 0.2) is 0 Å². The second-order valence-corrected chi connectivity index (χ2v) is 3.61. The van der Waals surface area contributed by atoms with Crippen molar-refractivity contribution >= 4 is 0 Å². The van der Waals surface area contributed by atoms with E-state index in [1.54, 1.807) is 0 Å². The number of ether oxygens (including phenoxy) is 1. The van der Waals surface area contributed by atoms with E-state index in [-0.39, 0.29) is 18.9 Å². The zero-order chi connectivity index (χ0) is 8.48. The molecule has 0 saturated heterocycles. The summed E-state index contributed by atoms with van der Waals surface area (Å²) in [7, 11) is 0. The van der Waals surface area contributed by atoms with Crippen molar-refractivity contribution in [2.24, 2.45) is 5.92 Å². The molecule has 0 aliphatic heterocycles. The molecule has 0 N–H and O–H groups in total. The summed E-state index contributed by atoms with van der Waals surface area (Å²) in [6.45, 7) is 4.62. The maximum Gasteiger partial charge on any atom is 0.253 e. The largest absolute Gasteiger partial charge is 0.377 e. The Morgan fingerprint density at radius 2 is 2.00 bits per heavy atom. The number of hydrogen-bond donors (Lipinski definition) is 0. The molecule has 1 saturated carbocycles. The highest BCUT2D eigenvalue weighted by Crippen LogP contribution is 2.39. The van der Waals surface area contributed by atoms with Crippen molar-refractivity contribution in [3.8, 4) is 0 Å². The van der Waals surface area contributed by atoms with Crippen LogP contribution in [-0.4, -0.2) is 18.6 Å². The number of rotatable bonds is 3. The highest BCUT2D eigenvalue weighted by Gasteiger charge is 2.45. The van der Waals surface area contributed by atoms with E-state index in [2.05, 4.69) is 0 Å². The molecule has 3 heteroatoms. The van der Waals surface area contributed by atoms with Gasteiger partial charge >= 0.3 is 0 Å². The van der Waals surface area contributed by atoms with Crippen LogP contribution in [0.15, 0.2) is 0 Å². The molecule has 0 aromatic carbocycles. The van der Waals surface area contributed by atoms with Crippen molar-refractivity contribution in [2.45, 2.75) is 38.7 Å². The van der Waals surface area contributed by atoms with Crippen LogP contribution in [0, 0.1) is 5.92 Å². The molecule has 0 aromatic rings. The molecule has 0 bridgehead atoms. The summed E-state index contributed by atoms with van der Waals surface area (Å²) < 4.78 is 29.7. The average molecular weight is 164 g/mol. The van der Waals surface area contributed by atoms with Gasteiger partial charge in [-0.1, -0.05) is 13.8 Å². The zero-order valence-corrected chi connectivity index (χ0v) is 6.94. The quantitative estimate of drug-likeness (QED) is 0.622. The Morgan fingerprint density at radius 3 is 2.36 bits per heavy atom. The van der Waals surface area contributed by atoms with Crippen LogP contribution in [-0.2, 0) is 4.74 Å². The van der Waals surface area contributed by atoms with Gasteiger partial charge in [-0.25, -0.2) is 8.78 Å². The van der Waals surface area contributed by atoms with Crippen molar-refractivity contribution in [1.82, 2.24) is 0 Å². The lowest BCUT2D eigenvalue weighted by molar-refractivity contribution is -0.168. The first kappa shape index (κ1) is 8.91. The Balaban J connectivity index is 2.05. The Labute approximate surface area is 65.7 Å². The normalized spacial score (nSPS) is 23.7. The standard InChI is InChI=1S/C8H14F2O/c1-6(2)5-11-7-3-8(9,10)4-7/h6-7H,3-5H2,1-2H3. The van der Waals surface area contributed by atoms with Crippen LogP contribution >= 0.6 is 0 Å². The second kappa shape index (κ2) is 3.05. The van der Waals surface area contributed by atoms with Crippen molar-refractivity contribution < 1.29 is 13.5 Å². The minimum absolute atomic E-state index is 0.0836. The molecule has 66 valence electrons. The van der Waals surface area contributed by atoms with Gasteiger partial charge in [0.25, 0.3) is 5.92 Å². The van der Waals surface area contributed by atoms with E-state index < -0.39 is 5.92 Å². The van der Waals surface area contributed by atoms with Crippen LogP contribution in [0.4, 0.5) is 8.78 Å². The van der Waals surface area contributed by atoms with E-state index in [0.717, 1.165) is 0 Å². The maximum atomic E-state index is 12.2. The first-order valence-electron chi connectivity index (χ1n) is 3.99. The average Bonchev–Trinajstić information content (AvgIpc) is 1.78. The molecule has 0 aromatic heterocycles. The summed E-state index contributed by atoms with van der Waals surface area (Å²) in [5.74, 6) is -2.01. The van der Waals surface area contributed by atoms with Crippen LogP contribution in [0.1, 0.15) is 26.7 Å². The Hall–Kier alpha value is -0.180. The minimum Gasteiger partial charge on any atom is -0.377 e. The topological polar surface area (TPSA) is 9.23 Å². The van der Waals surface area contributed by atoms with Gasteiger partial charge in [0.2, 0.25) is 0 Å². The fraction of sp³-hybridized carbons (Fsp3) is 1.00. The smallest absolute Gasteiger partial charge is 0.253 e. The lowest BCUT2D eigenvalue weighted by Gasteiger charge is -2.34. The number of alkyl halides is 2. The molecule has 0 amide bonds. The number of hydrogen-bond acceptors (Lipinski definition) is 1. The maximum absolute atomic E-state index is 12.2. The predicted octanol–water partition coefficient (Wildman–Crippen LogP) is 2.46. The SMILES string of the molecule is CC(C)COC1CC(F)(F)C1. The van der Waals surface area contributed by atoms with Crippen molar-refractivity contribution in [1.29, 1.82) is 0 Å². The first-order valence-corrected chi connectivity index (χ1v) is 3.99. The summed E-state index contributed by atoms with van der Waals surface area (Å²) in [4.78, 5) is 0. The second-order valence-electron chi connectivity index (χ2n) is 3.61. The van der Waals surface area contributed by atoms with Gasteiger partial charge in [0.05, 0.1) is 6.10 Å². The van der Waals surface area contributed by atoms with E-state index in [0.29, 0.717) is 12.5 Å². The lowest BCUT2D eigenvalue weighted by atomic mass is 9.91. The van der Waals surface area contributed by atoms with Gasteiger partial charge in [-0.3, -0.25) is 0 Å². The van der Waals surface area contributed by atoms with Crippen molar-refractivity contribution in [3.05, 3.63) is 0 Å². The monoisotopic (exact) mass is 164 g/mol. The zero-order valence-electron chi connectivity index (χ0n) is 6.94. The third-order valence-electron chi connectivity index (χ3n) is 1.72. The first-order chi connectivity index (χ1) is 4.99. The molecule has 0 heterocycles. The van der Waals surface area contributed by atoms with E-state index in [1.807, 2.05) is 13.8 Å². The molecule has 0 spiro atoms. The molecule has 1 fully saturated rings. The summed E-state index contributed by atoms with van der Waals surface area (Å²) in [5.41, 5.74) is 0. The molecular weight excluding hydrogens is 150 g/mol. The summed E-state index contributed by atoms with van der Waals surface area (Å²) in [6, 6.07) is 0. The Morgan fingerprint density at radius 1 is 1.45 bits per heavy atom. The highest BCUT2D eigenvalue weighted by atomic mass is 19.3. The molecule has 1 rings (SSSR count). The Bertz CT molecular complexity index is 126. The van der Waals surface area contributed by atoms with Crippen molar-refractivity contribution in [2.75, 3.05) is 6.61 Å².